The summed E-state index contributed by atoms with van der Waals surface area (Å²) in [5.41, 5.74) is -0.845. The largest absolute Gasteiger partial charge is 0.505 e. The molecule has 0 spiro atoms. The fourth-order valence-corrected chi connectivity index (χ4v) is 1.08. The molecular weight excluding hydrogens is 204 g/mol. The first kappa shape index (κ1) is 10.1. The minimum atomic E-state index is -2.82. The van der Waals surface area contributed by atoms with Crippen LogP contribution in [0.3, 0.4) is 0 Å². The second-order valence-corrected chi connectivity index (χ2v) is 2.66. The summed E-state index contributed by atoms with van der Waals surface area (Å²) < 4.78 is 24.4. The summed E-state index contributed by atoms with van der Waals surface area (Å²) in [4.78, 5) is 3.26. The SMILES string of the molecule is OCc1c(C(F)F)ncc(O)c1Cl. The molecule has 1 rings (SSSR count). The first-order valence-corrected chi connectivity index (χ1v) is 3.71. The molecule has 0 saturated carbocycles. The fourth-order valence-electron chi connectivity index (χ4n) is 0.871. The van der Waals surface area contributed by atoms with Crippen molar-refractivity contribution in [3.8, 4) is 5.75 Å². The van der Waals surface area contributed by atoms with Crippen LogP contribution in [-0.2, 0) is 6.61 Å². The van der Waals surface area contributed by atoms with Crippen LogP contribution in [-0.4, -0.2) is 15.2 Å². The average Bonchev–Trinajstić information content (AvgIpc) is 2.09. The maximum Gasteiger partial charge on any atom is 0.280 e. The molecule has 0 unspecified atom stereocenters. The number of hydrogen-bond donors (Lipinski definition) is 2. The molecule has 1 aromatic heterocycles. The molecule has 0 fully saturated rings. The van der Waals surface area contributed by atoms with E-state index in [1.54, 1.807) is 0 Å². The van der Waals surface area contributed by atoms with Crippen LogP contribution >= 0.6 is 11.6 Å². The maximum atomic E-state index is 12.2. The molecular formula is C7H6ClF2NO2. The molecule has 0 aromatic carbocycles. The van der Waals surface area contributed by atoms with Gasteiger partial charge in [-0.15, -0.1) is 0 Å². The van der Waals surface area contributed by atoms with Gasteiger partial charge in [-0.1, -0.05) is 11.6 Å². The van der Waals surface area contributed by atoms with Crippen LogP contribution in [0.2, 0.25) is 5.02 Å². The highest BCUT2D eigenvalue weighted by molar-refractivity contribution is 6.32. The van der Waals surface area contributed by atoms with Crippen molar-refractivity contribution in [1.82, 2.24) is 4.98 Å². The smallest absolute Gasteiger partial charge is 0.280 e. The van der Waals surface area contributed by atoms with Crippen LogP contribution in [0.5, 0.6) is 5.75 Å². The minimum Gasteiger partial charge on any atom is -0.505 e. The Hall–Kier alpha value is -0.940. The Kier molecular flexibility index (Phi) is 3.00. The van der Waals surface area contributed by atoms with Gasteiger partial charge >= 0.3 is 0 Å². The van der Waals surface area contributed by atoms with Crippen molar-refractivity contribution in [3.05, 3.63) is 22.5 Å². The number of halogens is 3. The molecule has 72 valence electrons. The van der Waals surface area contributed by atoms with Gasteiger partial charge in [0, 0.05) is 5.56 Å². The Balaban J connectivity index is 3.30. The zero-order chi connectivity index (χ0) is 10.0. The van der Waals surface area contributed by atoms with Gasteiger partial charge in [0.15, 0.2) is 5.75 Å². The Bertz CT molecular complexity index is 320. The van der Waals surface area contributed by atoms with Crippen molar-refractivity contribution in [2.75, 3.05) is 0 Å². The lowest BCUT2D eigenvalue weighted by molar-refractivity contribution is 0.141. The number of rotatable bonds is 2. The van der Waals surface area contributed by atoms with E-state index in [9.17, 15) is 8.78 Å². The Morgan fingerprint density at radius 3 is 2.62 bits per heavy atom. The van der Waals surface area contributed by atoms with E-state index in [0.717, 1.165) is 6.20 Å². The number of aliphatic hydroxyl groups is 1. The predicted molar refractivity (Wildman–Crippen MR) is 41.8 cm³/mol. The van der Waals surface area contributed by atoms with E-state index in [1.165, 1.54) is 0 Å². The summed E-state index contributed by atoms with van der Waals surface area (Å²) in [6.07, 6.45) is -2.00. The maximum absolute atomic E-state index is 12.2. The van der Waals surface area contributed by atoms with Crippen LogP contribution in [0.25, 0.3) is 0 Å². The van der Waals surface area contributed by atoms with Gasteiger partial charge in [0.25, 0.3) is 6.43 Å². The van der Waals surface area contributed by atoms with E-state index in [1.807, 2.05) is 0 Å². The average molecular weight is 210 g/mol. The van der Waals surface area contributed by atoms with Crippen LogP contribution in [0.4, 0.5) is 8.78 Å². The van der Waals surface area contributed by atoms with Gasteiger partial charge < -0.3 is 10.2 Å². The molecule has 0 atom stereocenters. The van der Waals surface area contributed by atoms with Crippen molar-refractivity contribution in [3.63, 3.8) is 0 Å². The predicted octanol–water partition coefficient (Wildman–Crippen LogP) is 1.87. The normalized spacial score (nSPS) is 10.8. The van der Waals surface area contributed by atoms with Crippen LogP contribution in [0, 0.1) is 0 Å². The van der Waals surface area contributed by atoms with Gasteiger partial charge in [-0.2, -0.15) is 0 Å². The first-order chi connectivity index (χ1) is 6.07. The lowest BCUT2D eigenvalue weighted by atomic mass is 10.2. The van der Waals surface area contributed by atoms with Crippen LogP contribution < -0.4 is 0 Å². The molecule has 0 amide bonds. The summed E-state index contributed by atoms with van der Waals surface area (Å²) in [7, 11) is 0. The highest BCUT2D eigenvalue weighted by Gasteiger charge is 2.18. The first-order valence-electron chi connectivity index (χ1n) is 3.33. The summed E-state index contributed by atoms with van der Waals surface area (Å²) >= 11 is 5.46. The highest BCUT2D eigenvalue weighted by atomic mass is 35.5. The number of hydrogen-bond acceptors (Lipinski definition) is 3. The second kappa shape index (κ2) is 3.85. The molecule has 0 aliphatic rings. The zero-order valence-corrected chi connectivity index (χ0v) is 7.09. The van der Waals surface area contributed by atoms with Crippen LogP contribution in [0.15, 0.2) is 6.20 Å². The highest BCUT2D eigenvalue weighted by Crippen LogP contribution is 2.32. The summed E-state index contributed by atoms with van der Waals surface area (Å²) in [6.45, 7) is -0.681. The van der Waals surface area contributed by atoms with Crippen molar-refractivity contribution < 1.29 is 19.0 Å². The van der Waals surface area contributed by atoms with Gasteiger partial charge in [-0.05, 0) is 0 Å². The third-order valence-electron chi connectivity index (χ3n) is 1.49. The van der Waals surface area contributed by atoms with Gasteiger partial charge in [-0.3, -0.25) is 4.98 Å². The molecule has 13 heavy (non-hydrogen) atoms. The summed E-state index contributed by atoms with van der Waals surface area (Å²) in [5.74, 6) is -0.421. The topological polar surface area (TPSA) is 53.4 Å². The Morgan fingerprint density at radius 1 is 1.54 bits per heavy atom. The van der Waals surface area contributed by atoms with E-state index in [0.29, 0.717) is 0 Å². The van der Waals surface area contributed by atoms with E-state index < -0.39 is 24.5 Å². The number of aromatic hydroxyl groups is 1. The summed E-state index contributed by atoms with van der Waals surface area (Å²) in [6, 6.07) is 0. The van der Waals surface area contributed by atoms with Crippen molar-refractivity contribution in [1.29, 1.82) is 0 Å². The molecule has 6 heteroatoms. The van der Waals surface area contributed by atoms with E-state index in [-0.39, 0.29) is 10.6 Å². The fraction of sp³-hybridized carbons (Fsp3) is 0.286. The van der Waals surface area contributed by atoms with Gasteiger partial charge in [0.2, 0.25) is 0 Å². The lowest BCUT2D eigenvalue weighted by Gasteiger charge is -2.07. The summed E-state index contributed by atoms with van der Waals surface area (Å²) in [5, 5.41) is 17.4. The third-order valence-corrected chi connectivity index (χ3v) is 1.91. The molecule has 0 saturated heterocycles. The Labute approximate surface area is 77.6 Å². The molecule has 0 bridgehead atoms. The quantitative estimate of drug-likeness (QED) is 0.782. The monoisotopic (exact) mass is 209 g/mol. The molecule has 1 heterocycles. The molecule has 0 aliphatic heterocycles. The van der Waals surface area contributed by atoms with E-state index in [4.69, 9.17) is 21.8 Å². The van der Waals surface area contributed by atoms with Crippen molar-refractivity contribution in [2.45, 2.75) is 13.0 Å². The number of nitrogens with zero attached hydrogens (tertiary/aromatic N) is 1. The van der Waals surface area contributed by atoms with Gasteiger partial charge in [0.1, 0.15) is 5.69 Å². The minimum absolute atomic E-state index is 0.239. The molecule has 1 aromatic rings. The molecule has 2 N–H and O–H groups in total. The number of alkyl halides is 2. The Morgan fingerprint density at radius 2 is 2.15 bits per heavy atom. The number of pyridine rings is 1. The lowest BCUT2D eigenvalue weighted by Crippen LogP contribution is -1.99. The van der Waals surface area contributed by atoms with E-state index in [2.05, 4.69) is 4.98 Å². The zero-order valence-electron chi connectivity index (χ0n) is 6.34. The standard InChI is InChI=1S/C7H6ClF2NO2/c8-5-3(2-12)6(7(9)10)11-1-4(5)13/h1,7,12-13H,2H2. The van der Waals surface area contributed by atoms with Crippen molar-refractivity contribution in [2.24, 2.45) is 0 Å². The second-order valence-electron chi connectivity index (χ2n) is 2.28. The van der Waals surface area contributed by atoms with Gasteiger partial charge in [-0.25, -0.2) is 8.78 Å². The molecule has 3 nitrogen and oxygen atoms in total. The van der Waals surface area contributed by atoms with Crippen LogP contribution in [0.1, 0.15) is 17.7 Å². The number of aliphatic hydroxyl groups excluding tert-OH is 1. The van der Waals surface area contributed by atoms with Gasteiger partial charge in [0.05, 0.1) is 17.8 Å². The van der Waals surface area contributed by atoms with Crippen molar-refractivity contribution >= 4 is 11.6 Å². The third kappa shape index (κ3) is 1.87. The van der Waals surface area contributed by atoms with E-state index >= 15 is 0 Å². The molecule has 0 radical (unpaired) electrons. The molecule has 0 aliphatic carbocycles. The number of aromatic nitrogens is 1.